The minimum atomic E-state index is -1.53. The molecule has 1 saturated heterocycles. The van der Waals surface area contributed by atoms with Crippen LogP contribution < -0.4 is 9.47 Å². The van der Waals surface area contributed by atoms with Crippen LogP contribution >= 0.6 is 11.8 Å². The number of aliphatic hydroxyl groups is 2. The van der Waals surface area contributed by atoms with E-state index in [1.165, 1.54) is 18.9 Å². The maximum absolute atomic E-state index is 14.2. The van der Waals surface area contributed by atoms with Crippen molar-refractivity contribution >= 4 is 25.8 Å². The Morgan fingerprint density at radius 1 is 1.06 bits per heavy atom. The molecule has 0 aliphatic carbocycles. The van der Waals surface area contributed by atoms with Crippen molar-refractivity contribution in [3.05, 3.63) is 76.2 Å². The van der Waals surface area contributed by atoms with Crippen molar-refractivity contribution in [3.8, 4) is 11.5 Å². The number of carbonyl (C=O) groups excluding carboxylic acids is 1. The molecule has 6 atom stereocenters. The van der Waals surface area contributed by atoms with Crippen LogP contribution in [0.4, 0.5) is 0 Å². The summed E-state index contributed by atoms with van der Waals surface area (Å²) in [6.07, 6.45) is 0.625. The Labute approximate surface area is 301 Å². The summed E-state index contributed by atoms with van der Waals surface area (Å²) in [7, 11) is -0.0352. The molecule has 50 heavy (non-hydrogen) atoms. The van der Waals surface area contributed by atoms with Crippen molar-refractivity contribution in [1.82, 2.24) is 0 Å². The minimum absolute atomic E-state index is 0.0613. The number of thioether (sulfide) groups is 1. The summed E-state index contributed by atoms with van der Waals surface area (Å²) < 4.78 is 36.0. The molecule has 0 amide bonds. The summed E-state index contributed by atoms with van der Waals surface area (Å²) >= 11 is 1.50. The lowest BCUT2D eigenvalue weighted by Gasteiger charge is -2.28. The summed E-state index contributed by atoms with van der Waals surface area (Å²) in [5.74, 6) is -1.13. The molecule has 276 valence electrons. The monoisotopic (exact) mass is 731 g/mol. The molecule has 1 heterocycles. The van der Waals surface area contributed by atoms with Gasteiger partial charge in [-0.2, -0.15) is 0 Å². The van der Waals surface area contributed by atoms with Crippen LogP contribution in [0.25, 0.3) is 10.4 Å². The number of nitrogens with zero attached hydrogens (tertiary/aromatic N) is 3. The van der Waals surface area contributed by atoms with Gasteiger partial charge in [-0.05, 0) is 69.0 Å². The largest absolute Gasteiger partial charge is 0.493 e. The van der Waals surface area contributed by atoms with Gasteiger partial charge in [-0.25, -0.2) is 4.79 Å². The first kappa shape index (κ1) is 41.3. The Morgan fingerprint density at radius 2 is 1.76 bits per heavy atom. The third kappa shape index (κ3) is 12.9. The predicted molar refractivity (Wildman–Crippen MR) is 196 cm³/mol. The summed E-state index contributed by atoms with van der Waals surface area (Å²) in [6.45, 7) is 14.0. The number of esters is 1. The van der Waals surface area contributed by atoms with Gasteiger partial charge < -0.3 is 38.6 Å². The molecule has 12 nitrogen and oxygen atoms in total. The van der Waals surface area contributed by atoms with Crippen molar-refractivity contribution in [2.45, 2.75) is 100 Å². The molecule has 0 bridgehead atoms. The second-order valence-electron chi connectivity index (χ2n) is 13.9. The predicted octanol–water partition coefficient (Wildman–Crippen LogP) is 7.53. The van der Waals surface area contributed by atoms with Crippen molar-refractivity contribution < 1.29 is 43.4 Å². The Kier molecular flexibility index (Phi) is 16.1. The lowest BCUT2D eigenvalue weighted by Crippen LogP contribution is -2.35. The molecule has 2 aromatic carbocycles. The van der Waals surface area contributed by atoms with Crippen molar-refractivity contribution in [2.75, 3.05) is 33.7 Å². The Hall–Kier alpha value is -3.07. The molecule has 14 heteroatoms. The molecule has 2 N–H and O–H groups in total. The van der Waals surface area contributed by atoms with Crippen molar-refractivity contribution in [1.29, 1.82) is 0 Å². The van der Waals surface area contributed by atoms with Crippen LogP contribution in [0.3, 0.4) is 0 Å². The highest BCUT2D eigenvalue weighted by atomic mass is 32.2. The molecule has 0 saturated carbocycles. The van der Waals surface area contributed by atoms with Gasteiger partial charge in [0.05, 0.1) is 32.0 Å². The zero-order chi connectivity index (χ0) is 36.9. The Bertz CT molecular complexity index is 1450. The average Bonchev–Trinajstić information content (AvgIpc) is 3.37. The highest BCUT2D eigenvalue weighted by Gasteiger charge is 2.46. The molecule has 1 aliphatic heterocycles. The van der Waals surface area contributed by atoms with Crippen molar-refractivity contribution in [2.24, 2.45) is 11.0 Å². The Balaban J connectivity index is 2.19. The van der Waals surface area contributed by atoms with Crippen LogP contribution in [-0.2, 0) is 18.9 Å². The van der Waals surface area contributed by atoms with Gasteiger partial charge in [0, 0.05) is 35.8 Å². The number of ether oxygens (including phenoxy) is 6. The van der Waals surface area contributed by atoms with Gasteiger partial charge in [0.15, 0.2) is 12.6 Å². The van der Waals surface area contributed by atoms with Crippen LogP contribution in [0.5, 0.6) is 11.5 Å². The van der Waals surface area contributed by atoms with Crippen LogP contribution in [-0.4, -0.2) is 88.1 Å². The number of hydrogen-bond donors (Lipinski definition) is 2. The normalized spacial score (nSPS) is 19.7. The van der Waals surface area contributed by atoms with E-state index in [-0.39, 0.29) is 50.2 Å². The summed E-state index contributed by atoms with van der Waals surface area (Å²) in [5.41, 5.74) is 9.56. The third-order valence-corrected chi connectivity index (χ3v) is 11.0. The zero-order valence-corrected chi connectivity index (χ0v) is 32.2. The molecule has 2 aromatic rings. The van der Waals surface area contributed by atoms with Crippen LogP contribution in [0.1, 0.15) is 55.3 Å². The van der Waals surface area contributed by atoms with Gasteiger partial charge in [-0.15, -0.1) is 11.8 Å². The second kappa shape index (κ2) is 19.5. The number of hydrogen-bond acceptors (Lipinski definition) is 11. The van der Waals surface area contributed by atoms with Gasteiger partial charge in [0.25, 0.3) is 0 Å². The zero-order valence-electron chi connectivity index (χ0n) is 30.4. The molecule has 0 aromatic heterocycles. The van der Waals surface area contributed by atoms with E-state index in [2.05, 4.69) is 29.7 Å². The molecule has 3 rings (SSSR count). The fourth-order valence-electron chi connectivity index (χ4n) is 5.24. The maximum atomic E-state index is 14.2. The summed E-state index contributed by atoms with van der Waals surface area (Å²) in [5, 5.41) is 24.5. The molecule has 2 unspecified atom stereocenters. The highest BCUT2D eigenvalue weighted by molar-refractivity contribution is 7.99. The lowest BCUT2D eigenvalue weighted by molar-refractivity contribution is -0.152. The molecular weight excluding hydrogens is 679 g/mol. The minimum Gasteiger partial charge on any atom is -0.493 e. The van der Waals surface area contributed by atoms with Gasteiger partial charge >= 0.3 is 5.97 Å². The van der Waals surface area contributed by atoms with Crippen LogP contribution in [0, 0.1) is 5.92 Å². The van der Waals surface area contributed by atoms with Gasteiger partial charge in [0.2, 0.25) is 0 Å². The molecule has 1 aliphatic rings. The van der Waals surface area contributed by atoms with E-state index in [1.807, 2.05) is 37.3 Å². The molecule has 0 radical (unpaired) electrons. The number of azide groups is 1. The lowest BCUT2D eigenvalue weighted by atomic mass is 9.94. The van der Waals surface area contributed by atoms with E-state index in [1.54, 1.807) is 45.1 Å². The van der Waals surface area contributed by atoms with Gasteiger partial charge in [-0.1, -0.05) is 62.0 Å². The van der Waals surface area contributed by atoms with E-state index in [9.17, 15) is 15.0 Å². The van der Waals surface area contributed by atoms with Crippen LogP contribution in [0.2, 0.25) is 25.7 Å². The van der Waals surface area contributed by atoms with Gasteiger partial charge in [-0.3, -0.25) is 0 Å². The standard InChI is InChI=1S/C36H53N3O9SSi/c1-24(25(2)40)14-15-27(41)34-30(47-36(3,4)48-34)22-31(49-26-12-10-9-11-13-26)32-28(44-19-18-38-39-37)16-17-29(46-23-43-5)33(32)35(42)45-20-21-50(6,7)8/h9-17,24-25,27,30-31,34,40-41H,18-23H2,1-8H3/b15-14-/t24-,25+,27?,30-,31?,34-/m1/s1. The van der Waals surface area contributed by atoms with Crippen LogP contribution in [0.15, 0.2) is 64.6 Å². The molecular formula is C36H53N3O9SSi. The van der Waals surface area contributed by atoms with E-state index in [4.69, 9.17) is 34.0 Å². The summed E-state index contributed by atoms with van der Waals surface area (Å²) in [6, 6.07) is 13.9. The number of benzene rings is 2. The van der Waals surface area contributed by atoms with E-state index in [0.29, 0.717) is 11.3 Å². The number of aliphatic hydroxyl groups excluding tert-OH is 2. The highest BCUT2D eigenvalue weighted by Crippen LogP contribution is 2.49. The average molecular weight is 732 g/mol. The quantitative estimate of drug-likeness (QED) is 0.0160. The van der Waals surface area contributed by atoms with E-state index >= 15 is 0 Å². The topological polar surface area (TPSA) is 162 Å². The first-order valence-electron chi connectivity index (χ1n) is 16.9. The third-order valence-electron chi connectivity index (χ3n) is 8.02. The SMILES string of the molecule is COCOc1ccc(OCCN=[N+]=[N-])c(C(C[C@H]2OC(C)(C)O[C@@H]2C(O)/C=C\[C@@H](C)[C@H](C)O)Sc2ccccc2)c1C(=O)OCC[Si](C)(C)C. The summed E-state index contributed by atoms with van der Waals surface area (Å²) in [4.78, 5) is 17.9. The fourth-order valence-corrected chi connectivity index (χ4v) is 7.23. The maximum Gasteiger partial charge on any atom is 0.342 e. The smallest absolute Gasteiger partial charge is 0.342 e. The first-order valence-corrected chi connectivity index (χ1v) is 21.5. The van der Waals surface area contributed by atoms with E-state index < -0.39 is 49.5 Å². The van der Waals surface area contributed by atoms with Gasteiger partial charge in [0.1, 0.15) is 29.3 Å². The molecule has 0 spiro atoms. The number of methoxy groups -OCH3 is 1. The fraction of sp³-hybridized carbons (Fsp3) is 0.583. The number of carbonyl (C=O) groups is 1. The Morgan fingerprint density at radius 3 is 2.40 bits per heavy atom. The second-order valence-corrected chi connectivity index (χ2v) is 20.8. The van der Waals surface area contributed by atoms with Crippen molar-refractivity contribution in [3.63, 3.8) is 0 Å². The number of rotatable bonds is 20. The van der Waals surface area contributed by atoms with E-state index in [0.717, 1.165) is 10.9 Å². The first-order chi connectivity index (χ1) is 23.7. The molecule has 1 fully saturated rings.